The zero-order chi connectivity index (χ0) is 20.4. The Bertz CT molecular complexity index is 878. The second kappa shape index (κ2) is 8.06. The first-order valence-corrected chi connectivity index (χ1v) is 7.60. The number of nitrogens with one attached hydrogen (secondary N) is 2. The van der Waals surface area contributed by atoms with Crippen LogP contribution in [0.25, 0.3) is 0 Å². The van der Waals surface area contributed by atoms with Gasteiger partial charge >= 0.3 is 6.18 Å². The molecule has 0 saturated carbocycles. The standard InChI is InChI=1S/C14H11Cl2F3N4O4/c15-8-1-6(13(24)9(16)4-8)5-20-21-12-10(22-25)2-7(14(17,18)19)3-11(12)23(26)27/h1-5,21-22,24-27H/b20-5+. The molecular formula is C14H11Cl2F3N4O4. The van der Waals surface area contributed by atoms with Crippen molar-refractivity contribution in [3.63, 3.8) is 0 Å². The first-order valence-electron chi connectivity index (χ1n) is 6.85. The number of alkyl halides is 3. The molecule has 0 saturated heterocycles. The number of hydrogen-bond donors (Lipinski definition) is 6. The van der Waals surface area contributed by atoms with Crippen LogP contribution in [0.5, 0.6) is 5.75 Å². The predicted molar refractivity (Wildman–Crippen MR) is 92.2 cm³/mol. The minimum absolute atomic E-state index is 0.0613. The van der Waals surface area contributed by atoms with Crippen molar-refractivity contribution in [2.24, 2.45) is 5.10 Å². The highest BCUT2D eigenvalue weighted by Gasteiger charge is 2.33. The number of benzene rings is 2. The van der Waals surface area contributed by atoms with E-state index in [1.807, 2.05) is 0 Å². The second-order valence-corrected chi connectivity index (χ2v) is 5.86. The Hall–Kier alpha value is -2.44. The SMILES string of the molecule is ONc1cc(C(F)(F)F)cc(N(O)O)c1N/N=C/c1cc(Cl)cc(Cl)c1O. The third-order valence-electron chi connectivity index (χ3n) is 3.22. The van der Waals surface area contributed by atoms with E-state index < -0.39 is 34.0 Å². The van der Waals surface area contributed by atoms with Crippen LogP contribution in [0.1, 0.15) is 11.1 Å². The fraction of sp³-hybridized carbons (Fsp3) is 0.0714. The molecule has 0 unspecified atom stereocenters. The van der Waals surface area contributed by atoms with Crippen LogP contribution in [0, 0.1) is 0 Å². The van der Waals surface area contributed by atoms with Gasteiger partial charge in [-0.05, 0) is 24.3 Å². The van der Waals surface area contributed by atoms with Crippen LogP contribution in [-0.2, 0) is 6.18 Å². The smallest absolute Gasteiger partial charge is 0.416 e. The summed E-state index contributed by atoms with van der Waals surface area (Å²) in [5.74, 6) is -0.356. The monoisotopic (exact) mass is 426 g/mol. The van der Waals surface area contributed by atoms with Gasteiger partial charge in [-0.25, -0.2) is 0 Å². The van der Waals surface area contributed by atoms with Crippen molar-refractivity contribution in [2.45, 2.75) is 6.18 Å². The summed E-state index contributed by atoms with van der Waals surface area (Å²) in [4.78, 5) is 0. The molecule has 0 aliphatic heterocycles. The maximum atomic E-state index is 12.9. The van der Waals surface area contributed by atoms with Gasteiger partial charge in [0.2, 0.25) is 0 Å². The Morgan fingerprint density at radius 2 is 1.78 bits per heavy atom. The van der Waals surface area contributed by atoms with Crippen LogP contribution in [0.4, 0.5) is 30.2 Å². The summed E-state index contributed by atoms with van der Waals surface area (Å²) in [6.45, 7) is 0. The third-order valence-corrected chi connectivity index (χ3v) is 3.72. The Kier molecular flexibility index (Phi) is 6.23. The fourth-order valence-electron chi connectivity index (χ4n) is 2.00. The molecule has 8 nitrogen and oxygen atoms in total. The van der Waals surface area contributed by atoms with Gasteiger partial charge in [-0.3, -0.25) is 26.5 Å². The number of phenolic OH excluding ortho intramolecular Hbond substituents is 1. The van der Waals surface area contributed by atoms with Crippen molar-refractivity contribution in [2.75, 3.05) is 16.1 Å². The number of aromatic hydroxyl groups is 1. The zero-order valence-electron chi connectivity index (χ0n) is 13.0. The maximum Gasteiger partial charge on any atom is 0.416 e. The van der Waals surface area contributed by atoms with E-state index in [-0.39, 0.29) is 21.4 Å². The van der Waals surface area contributed by atoms with Crippen LogP contribution in [-0.4, -0.2) is 26.9 Å². The Labute approximate surface area is 159 Å². The van der Waals surface area contributed by atoms with Gasteiger partial charge in [0.15, 0.2) is 0 Å². The molecule has 13 heteroatoms. The number of hydrogen-bond acceptors (Lipinski definition) is 8. The first-order chi connectivity index (χ1) is 12.5. The molecule has 27 heavy (non-hydrogen) atoms. The van der Waals surface area contributed by atoms with Gasteiger partial charge in [0.05, 0.1) is 22.5 Å². The molecule has 0 heterocycles. The lowest BCUT2D eigenvalue weighted by molar-refractivity contribution is -0.137. The first kappa shape index (κ1) is 20.9. The molecule has 6 N–H and O–H groups in total. The Balaban J connectivity index is 2.44. The molecule has 0 bridgehead atoms. The van der Waals surface area contributed by atoms with Crippen molar-refractivity contribution in [1.29, 1.82) is 0 Å². The predicted octanol–water partition coefficient (Wildman–Crippen LogP) is 4.55. The van der Waals surface area contributed by atoms with Gasteiger partial charge in [0.25, 0.3) is 0 Å². The van der Waals surface area contributed by atoms with E-state index in [0.29, 0.717) is 12.1 Å². The zero-order valence-corrected chi connectivity index (χ0v) is 14.5. The molecule has 0 aromatic heterocycles. The van der Waals surface area contributed by atoms with Crippen molar-refractivity contribution >= 4 is 46.5 Å². The number of hydrazone groups is 1. The molecule has 0 fully saturated rings. The molecule has 0 atom stereocenters. The van der Waals surface area contributed by atoms with Gasteiger partial charge in [-0.1, -0.05) is 23.2 Å². The summed E-state index contributed by atoms with van der Waals surface area (Å²) in [5.41, 5.74) is 0.786. The highest BCUT2D eigenvalue weighted by atomic mass is 35.5. The summed E-state index contributed by atoms with van der Waals surface area (Å²) >= 11 is 11.5. The molecule has 0 spiro atoms. The van der Waals surface area contributed by atoms with E-state index in [2.05, 4.69) is 10.5 Å². The summed E-state index contributed by atoms with van der Waals surface area (Å²) in [6, 6.07) is 3.50. The lowest BCUT2D eigenvalue weighted by atomic mass is 10.1. The molecule has 0 radical (unpaired) electrons. The van der Waals surface area contributed by atoms with Crippen LogP contribution in [0.15, 0.2) is 29.4 Å². The fourth-order valence-corrected chi connectivity index (χ4v) is 2.51. The molecule has 2 aromatic rings. The summed E-state index contributed by atoms with van der Waals surface area (Å²) in [7, 11) is 0. The van der Waals surface area contributed by atoms with Crippen molar-refractivity contribution in [3.8, 4) is 5.75 Å². The van der Waals surface area contributed by atoms with Crippen LogP contribution < -0.4 is 16.1 Å². The Morgan fingerprint density at radius 1 is 1.11 bits per heavy atom. The molecule has 2 aromatic carbocycles. The average molecular weight is 427 g/mol. The normalized spacial score (nSPS) is 11.7. The molecule has 0 aliphatic carbocycles. The summed E-state index contributed by atoms with van der Waals surface area (Å²) in [5, 5.41) is 40.5. The lowest BCUT2D eigenvalue weighted by Crippen LogP contribution is -2.16. The van der Waals surface area contributed by atoms with E-state index in [0.717, 1.165) is 6.21 Å². The van der Waals surface area contributed by atoms with E-state index in [4.69, 9.17) is 28.4 Å². The lowest BCUT2D eigenvalue weighted by Gasteiger charge is -2.19. The van der Waals surface area contributed by atoms with Crippen molar-refractivity contribution in [3.05, 3.63) is 45.4 Å². The molecule has 146 valence electrons. The van der Waals surface area contributed by atoms with E-state index >= 15 is 0 Å². The Morgan fingerprint density at radius 3 is 2.33 bits per heavy atom. The van der Waals surface area contributed by atoms with Gasteiger partial charge in [-0.2, -0.15) is 18.3 Å². The molecule has 0 amide bonds. The van der Waals surface area contributed by atoms with E-state index in [9.17, 15) is 28.7 Å². The average Bonchev–Trinajstić information content (AvgIpc) is 2.57. The molecular weight excluding hydrogens is 416 g/mol. The molecule has 2 rings (SSSR count). The number of phenols is 1. The number of halogens is 5. The number of rotatable bonds is 5. The quantitative estimate of drug-likeness (QED) is 0.306. The highest BCUT2D eigenvalue weighted by Crippen LogP contribution is 2.40. The summed E-state index contributed by atoms with van der Waals surface area (Å²) < 4.78 is 38.6. The van der Waals surface area contributed by atoms with Crippen molar-refractivity contribution in [1.82, 2.24) is 0 Å². The minimum Gasteiger partial charge on any atom is -0.506 e. The highest BCUT2D eigenvalue weighted by molar-refractivity contribution is 6.36. The maximum absolute atomic E-state index is 12.9. The number of nitrogens with zero attached hydrogens (tertiary/aromatic N) is 2. The van der Waals surface area contributed by atoms with Crippen LogP contribution in [0.2, 0.25) is 10.0 Å². The van der Waals surface area contributed by atoms with Gasteiger partial charge in [-0.15, -0.1) is 5.23 Å². The minimum atomic E-state index is -4.82. The second-order valence-electron chi connectivity index (χ2n) is 5.01. The van der Waals surface area contributed by atoms with Crippen LogP contribution in [0.3, 0.4) is 0 Å². The molecule has 0 aliphatic rings. The topological polar surface area (TPSA) is 121 Å². The van der Waals surface area contributed by atoms with E-state index in [1.165, 1.54) is 17.6 Å². The summed E-state index contributed by atoms with van der Waals surface area (Å²) in [6.07, 6.45) is -3.80. The van der Waals surface area contributed by atoms with Crippen molar-refractivity contribution < 1.29 is 33.9 Å². The van der Waals surface area contributed by atoms with Gasteiger partial charge < -0.3 is 5.11 Å². The third kappa shape index (κ3) is 4.84. The van der Waals surface area contributed by atoms with Gasteiger partial charge in [0, 0.05) is 10.6 Å². The van der Waals surface area contributed by atoms with E-state index in [1.54, 1.807) is 0 Å². The number of anilines is 3. The van der Waals surface area contributed by atoms with Gasteiger partial charge in [0.1, 0.15) is 17.1 Å². The largest absolute Gasteiger partial charge is 0.506 e. The van der Waals surface area contributed by atoms with Crippen LogP contribution >= 0.6 is 23.2 Å².